The zero-order valence-corrected chi connectivity index (χ0v) is 8.19. The predicted molar refractivity (Wildman–Crippen MR) is 51.9 cm³/mol. The maximum Gasteiger partial charge on any atom is 0.223 e. The molecule has 80 valence electrons. The lowest BCUT2D eigenvalue weighted by Crippen LogP contribution is -2.31. The van der Waals surface area contributed by atoms with Crippen molar-refractivity contribution in [2.24, 2.45) is 0 Å². The van der Waals surface area contributed by atoms with Gasteiger partial charge >= 0.3 is 0 Å². The Balaban J connectivity index is 1.68. The van der Waals surface area contributed by atoms with Crippen molar-refractivity contribution >= 4 is 5.95 Å². The number of fused-ring (bicyclic) bond motifs is 2. The van der Waals surface area contributed by atoms with Gasteiger partial charge in [0.05, 0.1) is 30.6 Å². The van der Waals surface area contributed by atoms with Gasteiger partial charge in [-0.25, -0.2) is 14.4 Å². The maximum absolute atomic E-state index is 12.6. The summed E-state index contributed by atoms with van der Waals surface area (Å²) in [5, 5.41) is 3.19. The fraction of sp³-hybridized carbons (Fsp3) is 0.600. The highest BCUT2D eigenvalue weighted by atomic mass is 19.1. The van der Waals surface area contributed by atoms with Crippen molar-refractivity contribution in [3.63, 3.8) is 0 Å². The molecular formula is C10H12FN3O. The fourth-order valence-electron chi connectivity index (χ4n) is 2.34. The van der Waals surface area contributed by atoms with Gasteiger partial charge in [0.15, 0.2) is 5.82 Å². The van der Waals surface area contributed by atoms with Crippen molar-refractivity contribution in [2.75, 3.05) is 5.32 Å². The standard InChI is InChI=1S/C10H12FN3O/c11-6-4-12-10(13-5-6)14-8-3-7-1-2-9(8)15-7/h4-5,7-9H,1-3H2,(H,12,13,14). The van der Waals surface area contributed by atoms with E-state index >= 15 is 0 Å². The lowest BCUT2D eigenvalue weighted by Gasteiger charge is -2.19. The number of halogens is 1. The van der Waals surface area contributed by atoms with Crippen LogP contribution in [0.5, 0.6) is 0 Å². The van der Waals surface area contributed by atoms with Gasteiger partial charge in [-0.2, -0.15) is 0 Å². The molecule has 1 aromatic heterocycles. The number of ether oxygens (including phenoxy) is 1. The van der Waals surface area contributed by atoms with Crippen LogP contribution in [0.1, 0.15) is 19.3 Å². The third-order valence-corrected chi connectivity index (χ3v) is 3.04. The van der Waals surface area contributed by atoms with Gasteiger partial charge in [0, 0.05) is 0 Å². The van der Waals surface area contributed by atoms with Crippen LogP contribution in [0.15, 0.2) is 12.4 Å². The number of hydrogen-bond acceptors (Lipinski definition) is 4. The summed E-state index contributed by atoms with van der Waals surface area (Å²) in [6, 6.07) is 0.286. The first kappa shape index (κ1) is 9.03. The largest absolute Gasteiger partial charge is 0.373 e. The molecule has 3 rings (SSSR count). The second-order valence-electron chi connectivity index (χ2n) is 4.09. The van der Waals surface area contributed by atoms with E-state index in [4.69, 9.17) is 4.74 Å². The summed E-state index contributed by atoms with van der Waals surface area (Å²) in [7, 11) is 0. The van der Waals surface area contributed by atoms with Crippen molar-refractivity contribution in [2.45, 2.75) is 37.5 Å². The monoisotopic (exact) mass is 209 g/mol. The van der Waals surface area contributed by atoms with E-state index in [1.807, 2.05) is 0 Å². The van der Waals surface area contributed by atoms with Crippen molar-refractivity contribution in [1.82, 2.24) is 9.97 Å². The molecule has 1 aromatic rings. The van der Waals surface area contributed by atoms with Crippen LogP contribution in [0.4, 0.5) is 10.3 Å². The van der Waals surface area contributed by atoms with Crippen LogP contribution in [0.25, 0.3) is 0 Å². The van der Waals surface area contributed by atoms with E-state index in [0.29, 0.717) is 12.1 Å². The van der Waals surface area contributed by atoms with Crippen LogP contribution >= 0.6 is 0 Å². The Morgan fingerprint density at radius 3 is 2.73 bits per heavy atom. The number of rotatable bonds is 2. The molecule has 4 nitrogen and oxygen atoms in total. The summed E-state index contributed by atoms with van der Waals surface area (Å²) < 4.78 is 18.3. The van der Waals surface area contributed by atoms with Gasteiger partial charge in [-0.3, -0.25) is 0 Å². The molecule has 15 heavy (non-hydrogen) atoms. The van der Waals surface area contributed by atoms with E-state index < -0.39 is 5.82 Å². The first-order chi connectivity index (χ1) is 7.31. The van der Waals surface area contributed by atoms with Crippen LogP contribution in [0.3, 0.4) is 0 Å². The van der Waals surface area contributed by atoms with Crippen LogP contribution in [0.2, 0.25) is 0 Å². The molecule has 0 radical (unpaired) electrons. The summed E-state index contributed by atoms with van der Waals surface area (Å²) in [5.74, 6) is 0.0716. The molecule has 2 bridgehead atoms. The first-order valence-electron chi connectivity index (χ1n) is 5.21. The zero-order valence-electron chi connectivity index (χ0n) is 8.19. The van der Waals surface area contributed by atoms with Gasteiger partial charge in [0.25, 0.3) is 0 Å². The number of nitrogens with one attached hydrogen (secondary N) is 1. The summed E-state index contributed by atoms with van der Waals surface area (Å²) in [6.45, 7) is 0. The molecule has 0 spiro atoms. The number of nitrogens with zero attached hydrogens (tertiary/aromatic N) is 2. The molecule has 1 N–H and O–H groups in total. The highest BCUT2D eigenvalue weighted by Crippen LogP contribution is 2.35. The van der Waals surface area contributed by atoms with Crippen molar-refractivity contribution in [3.8, 4) is 0 Å². The van der Waals surface area contributed by atoms with Gasteiger partial charge in [-0.15, -0.1) is 0 Å². The van der Waals surface area contributed by atoms with Gasteiger partial charge < -0.3 is 10.1 Å². The molecule has 5 heteroatoms. The van der Waals surface area contributed by atoms with Crippen LogP contribution in [-0.4, -0.2) is 28.2 Å². The smallest absolute Gasteiger partial charge is 0.223 e. The second kappa shape index (κ2) is 3.41. The summed E-state index contributed by atoms with van der Waals surface area (Å²) >= 11 is 0. The molecule has 0 aromatic carbocycles. The van der Waals surface area contributed by atoms with E-state index in [-0.39, 0.29) is 12.1 Å². The minimum atomic E-state index is -0.412. The van der Waals surface area contributed by atoms with Crippen molar-refractivity contribution < 1.29 is 9.13 Å². The Morgan fingerprint density at radius 2 is 2.13 bits per heavy atom. The normalized spacial score (nSPS) is 33.3. The lowest BCUT2D eigenvalue weighted by molar-refractivity contribution is 0.102. The SMILES string of the molecule is Fc1cnc(NC2CC3CCC2O3)nc1. The fourth-order valence-corrected chi connectivity index (χ4v) is 2.34. The Bertz CT molecular complexity index is 356. The number of anilines is 1. The van der Waals surface area contributed by atoms with Crippen molar-refractivity contribution in [1.29, 1.82) is 0 Å². The molecule has 0 saturated carbocycles. The Hall–Kier alpha value is -1.23. The van der Waals surface area contributed by atoms with Crippen molar-refractivity contribution in [3.05, 3.63) is 18.2 Å². The second-order valence-corrected chi connectivity index (χ2v) is 4.09. The third kappa shape index (κ3) is 1.67. The lowest BCUT2D eigenvalue weighted by atomic mass is 9.96. The molecule has 3 atom stereocenters. The molecule has 2 saturated heterocycles. The zero-order chi connectivity index (χ0) is 10.3. The maximum atomic E-state index is 12.6. The topological polar surface area (TPSA) is 47.0 Å². The quantitative estimate of drug-likeness (QED) is 0.798. The third-order valence-electron chi connectivity index (χ3n) is 3.04. The number of hydrogen-bond donors (Lipinski definition) is 1. The van der Waals surface area contributed by atoms with Gasteiger partial charge in [0.1, 0.15) is 0 Å². The summed E-state index contributed by atoms with van der Waals surface area (Å²) in [6.07, 6.45) is 6.28. The Kier molecular flexibility index (Phi) is 2.05. The molecule has 2 aliphatic rings. The molecule has 0 aliphatic carbocycles. The highest BCUT2D eigenvalue weighted by Gasteiger charge is 2.40. The summed E-state index contributed by atoms with van der Waals surface area (Å²) in [4.78, 5) is 7.75. The van der Waals surface area contributed by atoms with Crippen LogP contribution in [-0.2, 0) is 4.74 Å². The van der Waals surface area contributed by atoms with Gasteiger partial charge in [-0.1, -0.05) is 0 Å². The average Bonchev–Trinajstić information content (AvgIpc) is 2.83. The van der Waals surface area contributed by atoms with E-state index in [1.54, 1.807) is 0 Å². The molecule has 3 unspecified atom stereocenters. The molecule has 2 aliphatic heterocycles. The van der Waals surface area contributed by atoms with Gasteiger partial charge in [0.2, 0.25) is 5.95 Å². The van der Waals surface area contributed by atoms with E-state index in [2.05, 4.69) is 15.3 Å². The van der Waals surface area contributed by atoms with E-state index in [0.717, 1.165) is 19.3 Å². The molecule has 0 amide bonds. The Morgan fingerprint density at radius 1 is 1.33 bits per heavy atom. The molecular weight excluding hydrogens is 197 g/mol. The predicted octanol–water partition coefficient (Wildman–Crippen LogP) is 1.35. The Labute approximate surface area is 86.9 Å². The van der Waals surface area contributed by atoms with E-state index in [1.165, 1.54) is 12.4 Å². The van der Waals surface area contributed by atoms with Crippen LogP contribution in [0, 0.1) is 5.82 Å². The average molecular weight is 209 g/mol. The molecule has 2 fully saturated rings. The van der Waals surface area contributed by atoms with E-state index in [9.17, 15) is 4.39 Å². The first-order valence-corrected chi connectivity index (χ1v) is 5.21. The molecule has 3 heterocycles. The minimum absolute atomic E-state index is 0.281. The minimum Gasteiger partial charge on any atom is -0.373 e. The highest BCUT2D eigenvalue weighted by molar-refractivity contribution is 5.26. The van der Waals surface area contributed by atoms with Gasteiger partial charge in [-0.05, 0) is 19.3 Å². The summed E-state index contributed by atoms with van der Waals surface area (Å²) in [5.41, 5.74) is 0. The van der Waals surface area contributed by atoms with Crippen LogP contribution < -0.4 is 5.32 Å². The number of aromatic nitrogens is 2.